The number of aliphatic carboxylic acids is 2. The van der Waals surface area contributed by atoms with Gasteiger partial charge in [-0.05, 0) is 53.1 Å². The second kappa shape index (κ2) is 11.7. The predicted molar refractivity (Wildman–Crippen MR) is 111 cm³/mol. The van der Waals surface area contributed by atoms with Crippen molar-refractivity contribution < 1.29 is 29.2 Å². The zero-order valence-electron chi connectivity index (χ0n) is 16.4. The number of nitrogens with one attached hydrogen (secondary N) is 1. The number of anilines is 1. The molecule has 1 unspecified atom stereocenters. The van der Waals surface area contributed by atoms with Crippen LogP contribution >= 0.6 is 11.3 Å². The molecule has 0 aliphatic heterocycles. The molecule has 0 saturated heterocycles. The standard InChI is InChI=1S/C18H21N5O5S.H3N/c1-23-8-9-29-18(23)22-21-14-5-3-12(10-11(14)2-7-16(25)26)20-15(24)6-4-13(19)17(27)28;/h3,5,8-10,13H,2,4,6-7,19H2,1H3,(H2,25,26,27,28);1H3/p+1. The Balaban J connectivity index is 0.00000450. The van der Waals surface area contributed by atoms with Crippen LogP contribution in [-0.2, 0) is 27.9 Å². The molecule has 1 aromatic heterocycles. The van der Waals surface area contributed by atoms with Crippen LogP contribution in [0.25, 0.3) is 0 Å². The van der Waals surface area contributed by atoms with E-state index >= 15 is 0 Å². The normalized spacial score (nSPS) is 11.7. The minimum absolute atomic E-state index is 0. The number of carboxylic acids is 2. The average molecular weight is 438 g/mol. The molecular weight excluding hydrogens is 412 g/mol. The Morgan fingerprint density at radius 3 is 2.57 bits per heavy atom. The first-order chi connectivity index (χ1) is 13.8. The molecule has 1 aromatic carbocycles. The lowest BCUT2D eigenvalue weighted by Gasteiger charge is -2.10. The molecule has 1 amide bonds. The summed E-state index contributed by atoms with van der Waals surface area (Å²) >= 11 is 1.41. The maximum atomic E-state index is 12.0. The fourth-order valence-corrected chi connectivity index (χ4v) is 3.04. The van der Waals surface area contributed by atoms with E-state index in [4.69, 9.17) is 15.9 Å². The molecule has 2 rings (SSSR count). The highest BCUT2D eigenvalue weighted by atomic mass is 32.1. The van der Waals surface area contributed by atoms with E-state index in [2.05, 4.69) is 15.5 Å². The van der Waals surface area contributed by atoms with Crippen molar-refractivity contribution in [2.24, 2.45) is 23.0 Å². The number of aryl methyl sites for hydroxylation is 2. The van der Waals surface area contributed by atoms with Gasteiger partial charge in [-0.1, -0.05) is 0 Å². The summed E-state index contributed by atoms with van der Waals surface area (Å²) in [7, 11) is 1.84. The minimum atomic E-state index is -1.16. The molecule has 0 spiro atoms. The van der Waals surface area contributed by atoms with Crippen LogP contribution < -0.4 is 21.8 Å². The van der Waals surface area contributed by atoms with E-state index in [-0.39, 0.29) is 37.7 Å². The summed E-state index contributed by atoms with van der Waals surface area (Å²) in [5, 5.41) is 31.4. The van der Waals surface area contributed by atoms with Crippen LogP contribution in [0.2, 0.25) is 0 Å². The second-order valence-corrected chi connectivity index (χ2v) is 7.14. The van der Waals surface area contributed by atoms with Gasteiger partial charge in [-0.2, -0.15) is 0 Å². The Labute approximate surface area is 176 Å². The summed E-state index contributed by atoms with van der Waals surface area (Å²) in [6.07, 6.45) is 1.93. The van der Waals surface area contributed by atoms with E-state index in [1.54, 1.807) is 18.2 Å². The number of nitrogens with zero attached hydrogens (tertiary/aromatic N) is 3. The highest BCUT2D eigenvalue weighted by molar-refractivity contribution is 7.12. The summed E-state index contributed by atoms with van der Waals surface area (Å²) in [5.74, 6) is -2.50. The molecule has 2 aromatic rings. The summed E-state index contributed by atoms with van der Waals surface area (Å²) in [6, 6.07) is 3.81. The molecule has 30 heavy (non-hydrogen) atoms. The molecule has 1 atom stereocenters. The maximum absolute atomic E-state index is 12.0. The highest BCUT2D eigenvalue weighted by Gasteiger charge is 2.15. The first kappa shape index (κ1) is 24.8. The quantitative estimate of drug-likeness (QED) is 0.278. The Morgan fingerprint density at radius 1 is 1.23 bits per heavy atom. The van der Waals surface area contributed by atoms with Gasteiger partial charge in [-0.3, -0.25) is 14.4 Å². The predicted octanol–water partition coefficient (Wildman–Crippen LogP) is 2.30. The number of nitrogens with two attached hydrogens (primary N) is 1. The molecule has 0 aliphatic carbocycles. The van der Waals surface area contributed by atoms with Crippen LogP contribution in [0.5, 0.6) is 0 Å². The van der Waals surface area contributed by atoms with E-state index in [0.717, 1.165) is 0 Å². The van der Waals surface area contributed by atoms with Crippen molar-refractivity contribution in [1.82, 2.24) is 6.15 Å². The number of carbonyl (C=O) groups excluding carboxylic acids is 1. The monoisotopic (exact) mass is 437 g/mol. The average Bonchev–Trinajstić information content (AvgIpc) is 3.08. The zero-order valence-corrected chi connectivity index (χ0v) is 17.3. The number of azo groups is 1. The van der Waals surface area contributed by atoms with E-state index < -0.39 is 18.0 Å². The van der Waals surface area contributed by atoms with Gasteiger partial charge in [0.1, 0.15) is 17.9 Å². The van der Waals surface area contributed by atoms with Crippen molar-refractivity contribution >= 4 is 45.7 Å². The third kappa shape index (κ3) is 7.66. The van der Waals surface area contributed by atoms with Crippen LogP contribution in [0.15, 0.2) is 40.0 Å². The van der Waals surface area contributed by atoms with Crippen LogP contribution in [0, 0.1) is 0 Å². The van der Waals surface area contributed by atoms with Gasteiger partial charge in [0, 0.05) is 23.9 Å². The van der Waals surface area contributed by atoms with Gasteiger partial charge in [0.25, 0.3) is 0 Å². The molecule has 1 heterocycles. The van der Waals surface area contributed by atoms with Gasteiger partial charge in [0.2, 0.25) is 5.91 Å². The first-order valence-electron chi connectivity index (χ1n) is 8.74. The van der Waals surface area contributed by atoms with Crippen molar-refractivity contribution in [3.8, 4) is 0 Å². The van der Waals surface area contributed by atoms with Gasteiger partial charge in [0.05, 0.1) is 12.2 Å². The number of hydrogen-bond acceptors (Lipinski definition) is 8. The van der Waals surface area contributed by atoms with Gasteiger partial charge >= 0.3 is 17.1 Å². The Kier molecular flexibility index (Phi) is 9.68. The Morgan fingerprint density at radius 2 is 1.97 bits per heavy atom. The topological polar surface area (TPSA) is 193 Å². The lowest BCUT2D eigenvalue weighted by Crippen LogP contribution is -2.31. The van der Waals surface area contributed by atoms with Gasteiger partial charge in [0.15, 0.2) is 0 Å². The van der Waals surface area contributed by atoms with Crippen LogP contribution in [0.4, 0.5) is 16.5 Å². The van der Waals surface area contributed by atoms with Crippen molar-refractivity contribution in [2.45, 2.75) is 31.7 Å². The third-order valence-electron chi connectivity index (χ3n) is 3.97. The van der Waals surface area contributed by atoms with Crippen molar-refractivity contribution in [2.75, 3.05) is 5.32 Å². The molecule has 162 valence electrons. The van der Waals surface area contributed by atoms with Crippen molar-refractivity contribution in [3.05, 3.63) is 35.3 Å². The minimum Gasteiger partial charge on any atom is -0.481 e. The molecule has 11 nitrogen and oxygen atoms in total. The van der Waals surface area contributed by atoms with Crippen molar-refractivity contribution in [1.29, 1.82) is 0 Å². The lowest BCUT2D eigenvalue weighted by molar-refractivity contribution is -0.654. The molecule has 0 bridgehead atoms. The summed E-state index contributed by atoms with van der Waals surface area (Å²) in [4.78, 5) is 33.7. The van der Waals surface area contributed by atoms with E-state index in [9.17, 15) is 14.4 Å². The van der Waals surface area contributed by atoms with E-state index in [1.807, 2.05) is 23.2 Å². The number of hydrogen-bond donors (Lipinski definition) is 5. The number of carboxylic acid groups (broad SMARTS) is 2. The molecule has 0 radical (unpaired) electrons. The number of rotatable bonds is 10. The first-order valence-corrected chi connectivity index (χ1v) is 9.62. The molecule has 0 aliphatic rings. The van der Waals surface area contributed by atoms with Gasteiger partial charge in [-0.15, -0.1) is 0 Å². The Bertz CT molecular complexity index is 930. The summed E-state index contributed by atoms with van der Waals surface area (Å²) in [6.45, 7) is 0. The summed E-state index contributed by atoms with van der Waals surface area (Å²) in [5.41, 5.74) is 6.98. The molecule has 8 N–H and O–H groups in total. The fraction of sp³-hybridized carbons (Fsp3) is 0.333. The molecule has 12 heteroatoms. The smallest absolute Gasteiger partial charge is 0.408 e. The third-order valence-corrected chi connectivity index (χ3v) is 4.81. The number of carbonyl (C=O) groups is 3. The van der Waals surface area contributed by atoms with E-state index in [1.165, 1.54) is 11.3 Å². The van der Waals surface area contributed by atoms with Gasteiger partial charge in [-0.25, -0.2) is 4.57 Å². The number of aromatic nitrogens is 1. The van der Waals surface area contributed by atoms with E-state index in [0.29, 0.717) is 22.1 Å². The highest BCUT2D eigenvalue weighted by Crippen LogP contribution is 2.27. The SMILES string of the molecule is C[n+]1ccsc1/N=N/c1ccc(NC(=O)CCC(N)C(=O)O)cc1CCC(=O)O.N. The molecular formula is C18H25N6O5S+. The van der Waals surface area contributed by atoms with Crippen LogP contribution in [0.3, 0.4) is 0 Å². The molecule has 0 fully saturated rings. The number of thiazole rings is 1. The lowest BCUT2D eigenvalue weighted by atomic mass is 10.1. The van der Waals surface area contributed by atoms with Crippen LogP contribution in [0.1, 0.15) is 24.8 Å². The van der Waals surface area contributed by atoms with Gasteiger partial charge < -0.3 is 27.4 Å². The van der Waals surface area contributed by atoms with Crippen LogP contribution in [-0.4, -0.2) is 34.1 Å². The fourth-order valence-electron chi connectivity index (χ4n) is 2.36. The number of amides is 1. The second-order valence-electron chi connectivity index (χ2n) is 6.27. The maximum Gasteiger partial charge on any atom is 0.408 e. The Hall–Kier alpha value is -3.22. The molecule has 0 saturated carbocycles. The number of benzene rings is 1. The largest absolute Gasteiger partial charge is 0.481 e. The van der Waals surface area contributed by atoms with Crippen molar-refractivity contribution in [3.63, 3.8) is 0 Å². The summed E-state index contributed by atoms with van der Waals surface area (Å²) < 4.78 is 1.81. The zero-order chi connectivity index (χ0) is 21.4.